The molecule has 1 saturated heterocycles. The number of fused-ring (bicyclic) bond motifs is 1. The monoisotopic (exact) mass is 412 g/mol. The second-order valence-electron chi connectivity index (χ2n) is 7.26. The van der Waals surface area contributed by atoms with Crippen LogP contribution in [0, 0.1) is 18.3 Å². The molecule has 0 aliphatic carbocycles. The maximum atomic E-state index is 12.8. The van der Waals surface area contributed by atoms with Crippen molar-refractivity contribution in [3.8, 4) is 6.07 Å². The van der Waals surface area contributed by atoms with E-state index in [0.29, 0.717) is 35.5 Å². The molecule has 29 heavy (non-hydrogen) atoms. The Hall–Kier alpha value is -3.19. The second-order valence-corrected chi connectivity index (χ2v) is 9.57. The summed E-state index contributed by atoms with van der Waals surface area (Å²) in [6, 6.07) is 7.14. The Morgan fingerprint density at radius 3 is 2.66 bits per heavy atom. The van der Waals surface area contributed by atoms with Gasteiger partial charge in [-0.2, -0.15) is 10.2 Å². The van der Waals surface area contributed by atoms with E-state index in [9.17, 15) is 13.2 Å². The number of rotatable bonds is 3. The van der Waals surface area contributed by atoms with Crippen LogP contribution in [0.5, 0.6) is 0 Å². The highest BCUT2D eigenvalue weighted by Gasteiger charge is 2.28. The average Bonchev–Trinajstić information content (AvgIpc) is 2.94. The van der Waals surface area contributed by atoms with Crippen LogP contribution in [0.2, 0.25) is 0 Å². The maximum absolute atomic E-state index is 12.8. The fourth-order valence-electron chi connectivity index (χ4n) is 3.65. The highest BCUT2D eigenvalue weighted by atomic mass is 32.2. The van der Waals surface area contributed by atoms with Crippen LogP contribution < -0.4 is 11.0 Å². The van der Waals surface area contributed by atoms with Crippen molar-refractivity contribution >= 4 is 32.6 Å². The fraction of sp³-hybridized carbons (Fsp3) is 0.368. The van der Waals surface area contributed by atoms with E-state index in [0.717, 1.165) is 11.3 Å². The van der Waals surface area contributed by atoms with Gasteiger partial charge in [-0.1, -0.05) is 0 Å². The van der Waals surface area contributed by atoms with E-state index in [1.165, 1.54) is 4.57 Å². The van der Waals surface area contributed by atoms with E-state index in [1.807, 2.05) is 6.92 Å². The molecule has 0 atom stereocenters. The van der Waals surface area contributed by atoms with Gasteiger partial charge >= 0.3 is 5.69 Å². The summed E-state index contributed by atoms with van der Waals surface area (Å²) in [7, 11) is -1.38. The summed E-state index contributed by atoms with van der Waals surface area (Å²) in [6.45, 7) is 1.88. The summed E-state index contributed by atoms with van der Waals surface area (Å²) in [4.78, 5) is 21.7. The van der Waals surface area contributed by atoms with Gasteiger partial charge in [0, 0.05) is 18.8 Å². The zero-order valence-electron chi connectivity index (χ0n) is 16.1. The number of imidazole rings is 1. The van der Waals surface area contributed by atoms with Gasteiger partial charge in [-0.3, -0.25) is 9.13 Å². The Balaban J connectivity index is 1.74. The first-order chi connectivity index (χ1) is 13.8. The molecule has 1 aliphatic heterocycles. The molecular formula is C19H20N6O3S. The SMILES string of the molecule is Cc1cc(C#N)ccc1Nc1ncc2c(n1)n(C1CCS(=O)(=O)CC1)c(=O)n2C. The number of anilines is 2. The van der Waals surface area contributed by atoms with E-state index < -0.39 is 9.84 Å². The zero-order chi connectivity index (χ0) is 20.8. The quantitative estimate of drug-likeness (QED) is 0.696. The van der Waals surface area contributed by atoms with Gasteiger partial charge in [-0.05, 0) is 43.5 Å². The Labute approximate surface area is 167 Å². The van der Waals surface area contributed by atoms with E-state index in [-0.39, 0.29) is 23.2 Å². The van der Waals surface area contributed by atoms with Crippen LogP contribution in [-0.4, -0.2) is 39.0 Å². The third-order valence-corrected chi connectivity index (χ3v) is 7.04. The third-order valence-electron chi connectivity index (χ3n) is 5.32. The summed E-state index contributed by atoms with van der Waals surface area (Å²) in [6.07, 6.45) is 2.37. The lowest BCUT2D eigenvalue weighted by atomic mass is 10.1. The van der Waals surface area contributed by atoms with Crippen molar-refractivity contribution in [1.29, 1.82) is 5.26 Å². The van der Waals surface area contributed by atoms with Gasteiger partial charge in [0.15, 0.2) is 5.65 Å². The topological polar surface area (TPSA) is 123 Å². The van der Waals surface area contributed by atoms with Gasteiger partial charge in [-0.15, -0.1) is 0 Å². The van der Waals surface area contributed by atoms with Crippen molar-refractivity contribution in [2.45, 2.75) is 25.8 Å². The summed E-state index contributed by atoms with van der Waals surface area (Å²) in [5, 5.41) is 12.1. The van der Waals surface area contributed by atoms with Gasteiger partial charge in [0.1, 0.15) is 15.4 Å². The number of sulfone groups is 1. The molecule has 150 valence electrons. The van der Waals surface area contributed by atoms with Crippen molar-refractivity contribution in [3.63, 3.8) is 0 Å². The van der Waals surface area contributed by atoms with Gasteiger partial charge in [-0.25, -0.2) is 18.2 Å². The minimum absolute atomic E-state index is 0.0706. The lowest BCUT2D eigenvalue weighted by Gasteiger charge is -2.22. The Morgan fingerprint density at radius 2 is 2.00 bits per heavy atom. The predicted molar refractivity (Wildman–Crippen MR) is 109 cm³/mol. The van der Waals surface area contributed by atoms with E-state index in [2.05, 4.69) is 21.4 Å². The van der Waals surface area contributed by atoms with Crippen LogP contribution in [-0.2, 0) is 16.9 Å². The number of hydrogen-bond donors (Lipinski definition) is 1. The Morgan fingerprint density at radius 1 is 1.28 bits per heavy atom. The van der Waals surface area contributed by atoms with Crippen LogP contribution in [0.25, 0.3) is 11.2 Å². The highest BCUT2D eigenvalue weighted by molar-refractivity contribution is 7.91. The van der Waals surface area contributed by atoms with Crippen LogP contribution in [0.1, 0.15) is 30.0 Å². The molecule has 0 bridgehead atoms. The summed E-state index contributed by atoms with van der Waals surface area (Å²) < 4.78 is 26.6. The molecule has 2 aromatic heterocycles. The predicted octanol–water partition coefficient (Wildman–Crippen LogP) is 1.80. The van der Waals surface area contributed by atoms with Crippen molar-refractivity contribution in [2.75, 3.05) is 16.8 Å². The van der Waals surface area contributed by atoms with E-state index in [4.69, 9.17) is 5.26 Å². The number of hydrogen-bond acceptors (Lipinski definition) is 7. The third kappa shape index (κ3) is 3.49. The largest absolute Gasteiger partial charge is 0.330 e. The summed E-state index contributed by atoms with van der Waals surface area (Å²) >= 11 is 0. The normalized spacial score (nSPS) is 16.6. The lowest BCUT2D eigenvalue weighted by molar-refractivity contribution is 0.443. The van der Waals surface area contributed by atoms with Crippen LogP contribution in [0.4, 0.5) is 11.6 Å². The smallest absolute Gasteiger partial charge is 0.324 e. The molecule has 3 aromatic rings. The molecule has 3 heterocycles. The van der Waals surface area contributed by atoms with Crippen LogP contribution >= 0.6 is 0 Å². The first-order valence-corrected chi connectivity index (χ1v) is 11.0. The lowest BCUT2D eigenvalue weighted by Crippen LogP contribution is -2.32. The molecular weight excluding hydrogens is 392 g/mol. The molecule has 0 radical (unpaired) electrons. The minimum Gasteiger partial charge on any atom is -0.324 e. The first-order valence-electron chi connectivity index (χ1n) is 9.21. The molecule has 1 fully saturated rings. The van der Waals surface area contributed by atoms with Crippen molar-refractivity contribution in [3.05, 3.63) is 46.0 Å². The van der Waals surface area contributed by atoms with Gasteiger partial charge in [0.25, 0.3) is 0 Å². The van der Waals surface area contributed by atoms with Crippen molar-refractivity contribution in [2.24, 2.45) is 7.05 Å². The molecule has 1 N–H and O–H groups in total. The number of aryl methyl sites for hydroxylation is 2. The summed E-state index contributed by atoms with van der Waals surface area (Å²) in [5.41, 5.74) is 3.03. The zero-order valence-corrected chi connectivity index (χ0v) is 16.9. The van der Waals surface area contributed by atoms with Crippen molar-refractivity contribution < 1.29 is 8.42 Å². The molecule has 4 rings (SSSR count). The number of aromatic nitrogens is 4. The number of nitriles is 1. The summed E-state index contributed by atoms with van der Waals surface area (Å²) in [5.74, 6) is 0.468. The molecule has 1 aromatic carbocycles. The molecule has 0 saturated carbocycles. The highest BCUT2D eigenvalue weighted by Crippen LogP contribution is 2.27. The van der Waals surface area contributed by atoms with Gasteiger partial charge in [0.2, 0.25) is 5.95 Å². The Kier molecular flexibility index (Phi) is 4.62. The first kappa shape index (κ1) is 19.1. The van der Waals surface area contributed by atoms with Crippen LogP contribution in [0.3, 0.4) is 0 Å². The average molecular weight is 412 g/mol. The maximum Gasteiger partial charge on any atom is 0.330 e. The number of benzene rings is 1. The number of nitrogens with one attached hydrogen (secondary N) is 1. The second kappa shape index (κ2) is 7.00. The van der Waals surface area contributed by atoms with Crippen LogP contribution in [0.15, 0.2) is 29.2 Å². The van der Waals surface area contributed by atoms with E-state index in [1.54, 1.807) is 36.0 Å². The molecule has 1 aliphatic rings. The number of nitrogens with zero attached hydrogens (tertiary/aromatic N) is 5. The molecule has 10 heteroatoms. The fourth-order valence-corrected chi connectivity index (χ4v) is 5.12. The molecule has 0 unspecified atom stereocenters. The molecule has 9 nitrogen and oxygen atoms in total. The van der Waals surface area contributed by atoms with Gasteiger partial charge in [0.05, 0.1) is 29.3 Å². The van der Waals surface area contributed by atoms with E-state index >= 15 is 0 Å². The standard InChI is InChI=1S/C19H20N6O3S/c1-12-9-13(10-20)3-4-15(12)22-18-21-11-16-17(23-18)25(19(26)24(16)2)14-5-7-29(27,28)8-6-14/h3-4,9,11,14H,5-8H2,1-2H3,(H,21,22,23). The molecule has 0 amide bonds. The minimum atomic E-state index is -3.03. The molecule has 0 spiro atoms. The Bertz CT molecular complexity index is 1300. The van der Waals surface area contributed by atoms with Crippen molar-refractivity contribution in [1.82, 2.24) is 19.1 Å². The van der Waals surface area contributed by atoms with Gasteiger partial charge < -0.3 is 5.32 Å².